The lowest BCUT2D eigenvalue weighted by atomic mass is 10.2. The molecule has 1 unspecified atom stereocenters. The van der Waals surface area contributed by atoms with Crippen LogP contribution in [0.1, 0.15) is 31.1 Å². The molecule has 4 heteroatoms. The SMILES string of the molecule is CC(=O)c1cccc(SCC(O)COC(C)C)c1. The summed E-state index contributed by atoms with van der Waals surface area (Å²) in [7, 11) is 0. The Morgan fingerprint density at radius 1 is 1.44 bits per heavy atom. The minimum absolute atomic E-state index is 0.0566. The molecule has 0 fully saturated rings. The predicted octanol–water partition coefficient (Wildman–Crippen LogP) is 2.77. The monoisotopic (exact) mass is 268 g/mol. The Bertz CT molecular complexity index is 390. The van der Waals surface area contributed by atoms with Crippen molar-refractivity contribution in [3.05, 3.63) is 29.8 Å². The third-order valence-corrected chi connectivity index (χ3v) is 3.44. The summed E-state index contributed by atoms with van der Waals surface area (Å²) < 4.78 is 5.34. The van der Waals surface area contributed by atoms with Crippen molar-refractivity contribution < 1.29 is 14.6 Å². The number of ether oxygens (including phenoxy) is 1. The van der Waals surface area contributed by atoms with Gasteiger partial charge in [0.25, 0.3) is 0 Å². The fourth-order valence-electron chi connectivity index (χ4n) is 1.35. The number of hydrogen-bond donors (Lipinski definition) is 1. The van der Waals surface area contributed by atoms with Crippen molar-refractivity contribution in [1.82, 2.24) is 0 Å². The summed E-state index contributed by atoms with van der Waals surface area (Å²) in [6.07, 6.45) is -0.357. The molecular weight excluding hydrogens is 248 g/mol. The third-order valence-electron chi connectivity index (χ3n) is 2.30. The molecule has 0 radical (unpaired) electrons. The minimum Gasteiger partial charge on any atom is -0.390 e. The van der Waals surface area contributed by atoms with E-state index in [9.17, 15) is 9.90 Å². The maximum atomic E-state index is 11.2. The van der Waals surface area contributed by atoms with Gasteiger partial charge in [-0.25, -0.2) is 0 Å². The highest BCUT2D eigenvalue weighted by atomic mass is 32.2. The van der Waals surface area contributed by atoms with E-state index in [2.05, 4.69) is 0 Å². The minimum atomic E-state index is -0.488. The van der Waals surface area contributed by atoms with Gasteiger partial charge in [0.2, 0.25) is 0 Å². The number of ketones is 1. The standard InChI is InChI=1S/C14H20O3S/c1-10(2)17-8-13(16)9-18-14-6-4-5-12(7-14)11(3)15/h4-7,10,13,16H,8-9H2,1-3H3. The summed E-state index contributed by atoms with van der Waals surface area (Å²) in [6, 6.07) is 7.44. The van der Waals surface area contributed by atoms with Crippen LogP contribution < -0.4 is 0 Å². The van der Waals surface area contributed by atoms with Crippen LogP contribution in [-0.4, -0.2) is 35.5 Å². The highest BCUT2D eigenvalue weighted by Crippen LogP contribution is 2.20. The normalized spacial score (nSPS) is 12.7. The van der Waals surface area contributed by atoms with Gasteiger partial charge < -0.3 is 9.84 Å². The second-order valence-electron chi connectivity index (χ2n) is 4.43. The summed E-state index contributed by atoms with van der Waals surface area (Å²) in [6.45, 7) is 5.78. The van der Waals surface area contributed by atoms with E-state index in [1.807, 2.05) is 32.0 Å². The van der Waals surface area contributed by atoms with Gasteiger partial charge in [-0.3, -0.25) is 4.79 Å². The van der Waals surface area contributed by atoms with Gasteiger partial charge in [-0.15, -0.1) is 11.8 Å². The van der Waals surface area contributed by atoms with Gasteiger partial charge in [0.1, 0.15) is 0 Å². The zero-order chi connectivity index (χ0) is 13.5. The van der Waals surface area contributed by atoms with Crippen molar-refractivity contribution in [3.63, 3.8) is 0 Å². The van der Waals surface area contributed by atoms with E-state index in [0.717, 1.165) is 4.90 Å². The van der Waals surface area contributed by atoms with Crippen LogP contribution in [0.15, 0.2) is 29.2 Å². The van der Waals surface area contributed by atoms with Gasteiger partial charge in [0.05, 0.1) is 18.8 Å². The average Bonchev–Trinajstić information content (AvgIpc) is 2.34. The number of benzene rings is 1. The molecule has 100 valence electrons. The van der Waals surface area contributed by atoms with Gasteiger partial charge in [0, 0.05) is 16.2 Å². The quantitative estimate of drug-likeness (QED) is 0.610. The number of aliphatic hydroxyl groups excluding tert-OH is 1. The zero-order valence-electron chi connectivity index (χ0n) is 11.1. The maximum Gasteiger partial charge on any atom is 0.159 e. The van der Waals surface area contributed by atoms with Crippen molar-refractivity contribution in [2.75, 3.05) is 12.4 Å². The molecule has 0 spiro atoms. The second kappa shape index (κ2) is 7.56. The third kappa shape index (κ3) is 5.67. The highest BCUT2D eigenvalue weighted by Gasteiger charge is 2.07. The average molecular weight is 268 g/mol. The predicted molar refractivity (Wildman–Crippen MR) is 74.3 cm³/mol. The van der Waals surface area contributed by atoms with Crippen LogP contribution in [-0.2, 0) is 4.74 Å². The van der Waals surface area contributed by atoms with Gasteiger partial charge in [-0.2, -0.15) is 0 Å². The second-order valence-corrected chi connectivity index (χ2v) is 5.52. The van der Waals surface area contributed by atoms with Gasteiger partial charge in [0.15, 0.2) is 5.78 Å². The molecule has 0 bridgehead atoms. The highest BCUT2D eigenvalue weighted by molar-refractivity contribution is 7.99. The van der Waals surface area contributed by atoms with Gasteiger partial charge >= 0.3 is 0 Å². The van der Waals surface area contributed by atoms with Crippen molar-refractivity contribution in [3.8, 4) is 0 Å². The molecule has 0 heterocycles. The Kier molecular flexibility index (Phi) is 6.39. The maximum absolute atomic E-state index is 11.2. The largest absolute Gasteiger partial charge is 0.390 e. The fourth-order valence-corrected chi connectivity index (χ4v) is 2.22. The summed E-state index contributed by atoms with van der Waals surface area (Å²) in [4.78, 5) is 12.2. The molecule has 18 heavy (non-hydrogen) atoms. The van der Waals surface area contributed by atoms with Crippen LogP contribution in [0.5, 0.6) is 0 Å². The number of carbonyl (C=O) groups is 1. The van der Waals surface area contributed by atoms with Crippen LogP contribution in [0.2, 0.25) is 0 Å². The molecule has 0 amide bonds. The molecular formula is C14H20O3S. The van der Waals surface area contributed by atoms with Crippen LogP contribution in [0.25, 0.3) is 0 Å². The lowest BCUT2D eigenvalue weighted by molar-refractivity contribution is 0.0152. The fraction of sp³-hybridized carbons (Fsp3) is 0.500. The Hall–Kier alpha value is -0.840. The van der Waals surface area contributed by atoms with Crippen LogP contribution >= 0.6 is 11.8 Å². The Morgan fingerprint density at radius 2 is 2.17 bits per heavy atom. The topological polar surface area (TPSA) is 46.5 Å². The van der Waals surface area contributed by atoms with Gasteiger partial charge in [-0.1, -0.05) is 12.1 Å². The number of rotatable bonds is 7. The molecule has 0 aromatic heterocycles. The first-order chi connectivity index (χ1) is 8.49. The first-order valence-electron chi connectivity index (χ1n) is 6.02. The lowest BCUT2D eigenvalue weighted by Crippen LogP contribution is -2.20. The van der Waals surface area contributed by atoms with Gasteiger partial charge in [-0.05, 0) is 32.9 Å². The van der Waals surface area contributed by atoms with E-state index in [0.29, 0.717) is 17.9 Å². The van der Waals surface area contributed by atoms with E-state index in [1.165, 1.54) is 11.8 Å². The smallest absolute Gasteiger partial charge is 0.159 e. The van der Waals surface area contributed by atoms with Crippen molar-refractivity contribution in [2.45, 2.75) is 37.9 Å². The Labute approximate surface area is 113 Å². The Morgan fingerprint density at radius 3 is 2.78 bits per heavy atom. The van der Waals surface area contributed by atoms with E-state index in [-0.39, 0.29) is 11.9 Å². The molecule has 0 saturated carbocycles. The molecule has 1 rings (SSSR count). The van der Waals surface area contributed by atoms with Crippen molar-refractivity contribution in [2.24, 2.45) is 0 Å². The lowest BCUT2D eigenvalue weighted by Gasteiger charge is -2.13. The molecule has 0 aliphatic rings. The van der Waals surface area contributed by atoms with E-state index in [4.69, 9.17) is 4.74 Å². The van der Waals surface area contributed by atoms with Crippen LogP contribution in [0.4, 0.5) is 0 Å². The molecule has 1 atom stereocenters. The first-order valence-corrected chi connectivity index (χ1v) is 7.01. The van der Waals surface area contributed by atoms with Crippen molar-refractivity contribution >= 4 is 17.5 Å². The summed E-state index contributed by atoms with van der Waals surface area (Å²) in [5.74, 6) is 0.620. The molecule has 1 N–H and O–H groups in total. The summed E-state index contributed by atoms with van der Waals surface area (Å²) in [5, 5.41) is 9.73. The molecule has 1 aromatic rings. The number of aliphatic hydroxyl groups is 1. The Balaban J connectivity index is 2.43. The van der Waals surface area contributed by atoms with Crippen LogP contribution in [0, 0.1) is 0 Å². The molecule has 1 aromatic carbocycles. The number of carbonyl (C=O) groups excluding carboxylic acids is 1. The molecule has 0 aliphatic carbocycles. The zero-order valence-corrected chi connectivity index (χ0v) is 11.9. The molecule has 3 nitrogen and oxygen atoms in total. The summed E-state index contributed by atoms with van der Waals surface area (Å²) >= 11 is 1.53. The van der Waals surface area contributed by atoms with Crippen molar-refractivity contribution in [1.29, 1.82) is 0 Å². The van der Waals surface area contributed by atoms with E-state index >= 15 is 0 Å². The van der Waals surface area contributed by atoms with E-state index < -0.39 is 6.10 Å². The summed E-state index contributed by atoms with van der Waals surface area (Å²) in [5.41, 5.74) is 0.702. The number of Topliss-reactive ketones (excluding diaryl/α,β-unsaturated/α-hetero) is 1. The van der Waals surface area contributed by atoms with Crippen LogP contribution in [0.3, 0.4) is 0 Å². The number of thioether (sulfide) groups is 1. The molecule has 0 saturated heterocycles. The first kappa shape index (κ1) is 15.2. The molecule has 0 aliphatic heterocycles. The number of hydrogen-bond acceptors (Lipinski definition) is 4. The van der Waals surface area contributed by atoms with E-state index in [1.54, 1.807) is 13.0 Å².